The molecular formula is C13H11N5O2S. The number of anilines is 1. The molecule has 1 N–H and O–H groups in total. The minimum Gasteiger partial charge on any atom is -0.353 e. The molecule has 0 atom stereocenters. The first-order valence-electron chi connectivity index (χ1n) is 6.37. The van der Waals surface area contributed by atoms with Crippen LogP contribution in [0, 0.1) is 0 Å². The van der Waals surface area contributed by atoms with Crippen LogP contribution in [0.5, 0.6) is 0 Å². The number of nitrogens with one attached hydrogen (secondary N) is 1. The minimum atomic E-state index is 0.489. The van der Waals surface area contributed by atoms with Crippen LogP contribution in [0.3, 0.4) is 0 Å². The molecule has 0 aromatic carbocycles. The van der Waals surface area contributed by atoms with Crippen LogP contribution >= 0.6 is 11.3 Å². The van der Waals surface area contributed by atoms with E-state index in [1.54, 1.807) is 18.6 Å². The Morgan fingerprint density at radius 3 is 3.19 bits per heavy atom. The van der Waals surface area contributed by atoms with Gasteiger partial charge in [-0.3, -0.25) is 4.98 Å². The third kappa shape index (κ3) is 2.34. The van der Waals surface area contributed by atoms with Gasteiger partial charge in [0.25, 0.3) is 0 Å². The SMILES string of the molecule is C1=C(CNc2nn3c(-c4cccnc4)cnc3s2)OOC1. The molecule has 3 aromatic rings. The molecule has 1 aliphatic rings. The maximum Gasteiger partial charge on any atom is 0.214 e. The fourth-order valence-electron chi connectivity index (χ4n) is 2.01. The van der Waals surface area contributed by atoms with Crippen LogP contribution in [0.1, 0.15) is 0 Å². The van der Waals surface area contributed by atoms with Crippen molar-refractivity contribution in [3.63, 3.8) is 0 Å². The predicted octanol–water partition coefficient (Wildman–Crippen LogP) is 2.11. The zero-order valence-corrected chi connectivity index (χ0v) is 11.7. The van der Waals surface area contributed by atoms with Crippen molar-refractivity contribution in [1.29, 1.82) is 0 Å². The zero-order chi connectivity index (χ0) is 14.1. The number of aromatic nitrogens is 4. The van der Waals surface area contributed by atoms with Crippen molar-refractivity contribution < 1.29 is 9.78 Å². The molecule has 4 rings (SSSR count). The lowest BCUT2D eigenvalue weighted by Crippen LogP contribution is -2.05. The Morgan fingerprint density at radius 1 is 1.38 bits per heavy atom. The van der Waals surface area contributed by atoms with E-state index in [1.807, 2.05) is 22.7 Å². The molecule has 3 aromatic heterocycles. The number of nitrogens with zero attached hydrogens (tertiary/aromatic N) is 4. The number of hydrogen-bond donors (Lipinski definition) is 1. The van der Waals surface area contributed by atoms with Crippen molar-refractivity contribution in [2.45, 2.75) is 0 Å². The second-order valence-corrected chi connectivity index (χ2v) is 5.33. The van der Waals surface area contributed by atoms with Gasteiger partial charge in [0.2, 0.25) is 10.1 Å². The fraction of sp³-hybridized carbons (Fsp3) is 0.154. The molecule has 106 valence electrons. The number of rotatable bonds is 4. The summed E-state index contributed by atoms with van der Waals surface area (Å²) in [6.07, 6.45) is 7.22. The third-order valence-corrected chi connectivity index (χ3v) is 3.88. The van der Waals surface area contributed by atoms with Gasteiger partial charge in [0.15, 0.2) is 5.76 Å². The summed E-state index contributed by atoms with van der Waals surface area (Å²) >= 11 is 1.48. The predicted molar refractivity (Wildman–Crippen MR) is 77.7 cm³/mol. The summed E-state index contributed by atoms with van der Waals surface area (Å²) in [5.41, 5.74) is 1.90. The number of fused-ring (bicyclic) bond motifs is 1. The van der Waals surface area contributed by atoms with Crippen LogP contribution in [-0.4, -0.2) is 32.7 Å². The summed E-state index contributed by atoms with van der Waals surface area (Å²) in [5, 5.41) is 8.50. The molecule has 21 heavy (non-hydrogen) atoms. The summed E-state index contributed by atoms with van der Waals surface area (Å²) in [5.74, 6) is 0.760. The van der Waals surface area contributed by atoms with Gasteiger partial charge in [-0.2, -0.15) is 4.89 Å². The normalized spacial score (nSPS) is 14.2. The van der Waals surface area contributed by atoms with E-state index in [1.165, 1.54) is 11.3 Å². The minimum absolute atomic E-state index is 0.489. The molecule has 0 aliphatic carbocycles. The van der Waals surface area contributed by atoms with Gasteiger partial charge in [-0.1, -0.05) is 11.3 Å². The highest BCUT2D eigenvalue weighted by molar-refractivity contribution is 7.20. The molecule has 0 bridgehead atoms. The van der Waals surface area contributed by atoms with Crippen molar-refractivity contribution in [3.8, 4) is 11.3 Å². The second kappa shape index (κ2) is 5.15. The van der Waals surface area contributed by atoms with Crippen LogP contribution in [0.15, 0.2) is 42.6 Å². The lowest BCUT2D eigenvalue weighted by Gasteiger charge is -2.01. The highest BCUT2D eigenvalue weighted by atomic mass is 32.1. The monoisotopic (exact) mass is 301 g/mol. The van der Waals surface area contributed by atoms with Gasteiger partial charge >= 0.3 is 0 Å². The Morgan fingerprint density at radius 2 is 2.38 bits per heavy atom. The van der Waals surface area contributed by atoms with Gasteiger partial charge in [-0.15, -0.1) is 5.10 Å². The largest absolute Gasteiger partial charge is 0.353 e. The number of imidazole rings is 1. The number of hydrogen-bond acceptors (Lipinski definition) is 7. The van der Waals surface area contributed by atoms with Crippen LogP contribution in [0.25, 0.3) is 16.2 Å². The first-order valence-corrected chi connectivity index (χ1v) is 7.19. The molecular weight excluding hydrogens is 290 g/mol. The third-order valence-electron chi connectivity index (χ3n) is 3.00. The average molecular weight is 301 g/mol. The lowest BCUT2D eigenvalue weighted by molar-refractivity contribution is -0.233. The molecule has 0 amide bonds. The van der Waals surface area contributed by atoms with Crippen LogP contribution in [-0.2, 0) is 9.78 Å². The molecule has 0 radical (unpaired) electrons. The van der Waals surface area contributed by atoms with Gasteiger partial charge in [-0.05, 0) is 18.2 Å². The maximum atomic E-state index is 4.97. The van der Waals surface area contributed by atoms with E-state index in [-0.39, 0.29) is 0 Å². The first kappa shape index (κ1) is 12.3. The standard InChI is InChI=1S/C13H11N5O2S/c1-2-9(6-14-4-1)11-8-16-13-18(11)17-12(21-13)15-7-10-3-5-19-20-10/h1-4,6,8H,5,7H2,(H,15,17). The molecule has 0 saturated carbocycles. The summed E-state index contributed by atoms with van der Waals surface area (Å²) in [6.45, 7) is 1.03. The highest BCUT2D eigenvalue weighted by Crippen LogP contribution is 2.25. The Bertz CT molecular complexity index is 795. The average Bonchev–Trinajstić information content (AvgIpc) is 3.22. The maximum absolute atomic E-state index is 4.97. The molecule has 4 heterocycles. The van der Waals surface area contributed by atoms with Gasteiger partial charge in [0.05, 0.1) is 18.4 Å². The quantitative estimate of drug-likeness (QED) is 0.744. The van der Waals surface area contributed by atoms with Crippen molar-refractivity contribution in [1.82, 2.24) is 19.6 Å². The highest BCUT2D eigenvalue weighted by Gasteiger charge is 2.13. The second-order valence-electron chi connectivity index (χ2n) is 4.38. The number of pyridine rings is 1. The molecule has 0 unspecified atom stereocenters. The van der Waals surface area contributed by atoms with Crippen molar-refractivity contribution in [3.05, 3.63) is 42.6 Å². The van der Waals surface area contributed by atoms with E-state index in [4.69, 9.17) is 9.78 Å². The summed E-state index contributed by atoms with van der Waals surface area (Å²) in [7, 11) is 0. The van der Waals surface area contributed by atoms with E-state index in [9.17, 15) is 0 Å². The van der Waals surface area contributed by atoms with Crippen LogP contribution in [0.4, 0.5) is 5.13 Å². The molecule has 1 aliphatic heterocycles. The molecule has 7 nitrogen and oxygen atoms in total. The smallest absolute Gasteiger partial charge is 0.214 e. The van der Waals surface area contributed by atoms with E-state index in [0.717, 1.165) is 27.1 Å². The van der Waals surface area contributed by atoms with Crippen molar-refractivity contribution in [2.75, 3.05) is 18.5 Å². The Hall–Kier alpha value is -2.45. The van der Waals surface area contributed by atoms with E-state index >= 15 is 0 Å². The summed E-state index contributed by atoms with van der Waals surface area (Å²) in [6, 6.07) is 3.88. The van der Waals surface area contributed by atoms with Gasteiger partial charge in [0, 0.05) is 18.0 Å². The lowest BCUT2D eigenvalue weighted by atomic mass is 10.2. The van der Waals surface area contributed by atoms with Gasteiger partial charge in [-0.25, -0.2) is 9.50 Å². The summed E-state index contributed by atoms with van der Waals surface area (Å²) in [4.78, 5) is 19.1. The Kier molecular flexibility index (Phi) is 3.02. The van der Waals surface area contributed by atoms with Gasteiger partial charge < -0.3 is 10.2 Å². The molecule has 0 saturated heterocycles. The van der Waals surface area contributed by atoms with Crippen LogP contribution < -0.4 is 5.32 Å². The van der Waals surface area contributed by atoms with Crippen molar-refractivity contribution >= 4 is 21.4 Å². The first-order chi connectivity index (χ1) is 10.4. The molecule has 0 spiro atoms. The fourth-order valence-corrected chi connectivity index (χ4v) is 2.78. The Labute approximate surface area is 123 Å². The molecule has 0 fully saturated rings. The Balaban J connectivity index is 1.60. The van der Waals surface area contributed by atoms with E-state index in [2.05, 4.69) is 20.4 Å². The van der Waals surface area contributed by atoms with Crippen LogP contribution in [0.2, 0.25) is 0 Å². The van der Waals surface area contributed by atoms with Crippen molar-refractivity contribution in [2.24, 2.45) is 0 Å². The van der Waals surface area contributed by atoms with E-state index < -0.39 is 0 Å². The van der Waals surface area contributed by atoms with E-state index in [0.29, 0.717) is 13.2 Å². The topological polar surface area (TPSA) is 73.6 Å². The molecule has 8 heteroatoms. The van der Waals surface area contributed by atoms with Gasteiger partial charge in [0.1, 0.15) is 6.61 Å². The zero-order valence-electron chi connectivity index (χ0n) is 10.9. The summed E-state index contributed by atoms with van der Waals surface area (Å²) < 4.78 is 1.81.